The zero-order chi connectivity index (χ0) is 13.2. The molecule has 0 saturated heterocycles. The fourth-order valence-corrected chi connectivity index (χ4v) is 2.66. The lowest BCUT2D eigenvalue weighted by Crippen LogP contribution is -2.35. The van der Waals surface area contributed by atoms with E-state index in [0.29, 0.717) is 13.0 Å². The Balaban J connectivity index is 2.33. The van der Waals surface area contributed by atoms with Crippen molar-refractivity contribution in [3.63, 3.8) is 0 Å². The van der Waals surface area contributed by atoms with Crippen LogP contribution in [0, 0.1) is 0 Å². The van der Waals surface area contributed by atoms with E-state index in [1.807, 2.05) is 20.0 Å². The van der Waals surface area contributed by atoms with Gasteiger partial charge in [-0.05, 0) is 62.9 Å². The number of carboxylic acids is 1. The summed E-state index contributed by atoms with van der Waals surface area (Å²) in [6.45, 7) is 2.53. The highest BCUT2D eigenvalue weighted by Crippen LogP contribution is 2.32. The van der Waals surface area contributed by atoms with Crippen molar-refractivity contribution < 1.29 is 9.90 Å². The van der Waals surface area contributed by atoms with Gasteiger partial charge in [-0.3, -0.25) is 4.79 Å². The number of hydrogen-bond acceptors (Lipinski definition) is 2. The molecule has 1 atom stereocenters. The van der Waals surface area contributed by atoms with Gasteiger partial charge in [-0.25, -0.2) is 0 Å². The van der Waals surface area contributed by atoms with E-state index in [0.717, 1.165) is 18.4 Å². The second-order valence-corrected chi connectivity index (χ2v) is 5.33. The minimum atomic E-state index is -0.791. The molecule has 0 heterocycles. The van der Waals surface area contributed by atoms with Crippen LogP contribution in [0.5, 0.6) is 0 Å². The minimum Gasteiger partial charge on any atom is -0.481 e. The highest BCUT2D eigenvalue weighted by atomic mass is 16.4. The smallest absolute Gasteiger partial charge is 0.313 e. The van der Waals surface area contributed by atoms with Gasteiger partial charge in [-0.2, -0.15) is 0 Å². The van der Waals surface area contributed by atoms with Crippen LogP contribution in [0.25, 0.3) is 0 Å². The molecule has 0 aliphatic heterocycles. The van der Waals surface area contributed by atoms with E-state index < -0.39 is 11.4 Å². The van der Waals surface area contributed by atoms with Gasteiger partial charge < -0.3 is 10.4 Å². The maximum Gasteiger partial charge on any atom is 0.313 e. The van der Waals surface area contributed by atoms with Gasteiger partial charge in [0.15, 0.2) is 0 Å². The molecule has 0 aromatic heterocycles. The SMILES string of the molecule is CNCCC(C)(C(=O)O)c1ccc2c(c1)CCC2. The van der Waals surface area contributed by atoms with E-state index in [4.69, 9.17) is 0 Å². The van der Waals surface area contributed by atoms with Crippen molar-refractivity contribution in [1.82, 2.24) is 5.32 Å². The van der Waals surface area contributed by atoms with Crippen LogP contribution in [-0.4, -0.2) is 24.7 Å². The predicted octanol–water partition coefficient (Wildman–Crippen LogP) is 2.13. The number of carbonyl (C=O) groups is 1. The number of hydrogen-bond donors (Lipinski definition) is 2. The van der Waals surface area contributed by atoms with Gasteiger partial charge in [0.05, 0.1) is 5.41 Å². The number of fused-ring (bicyclic) bond motifs is 1. The van der Waals surface area contributed by atoms with Gasteiger partial charge in [0.2, 0.25) is 0 Å². The van der Waals surface area contributed by atoms with Crippen molar-refractivity contribution in [3.05, 3.63) is 34.9 Å². The number of nitrogens with one attached hydrogen (secondary N) is 1. The second-order valence-electron chi connectivity index (χ2n) is 5.33. The summed E-state index contributed by atoms with van der Waals surface area (Å²) >= 11 is 0. The van der Waals surface area contributed by atoms with Gasteiger partial charge >= 0.3 is 5.97 Å². The molecule has 1 unspecified atom stereocenters. The van der Waals surface area contributed by atoms with E-state index in [1.54, 1.807) is 0 Å². The molecule has 3 heteroatoms. The van der Waals surface area contributed by atoms with Crippen LogP contribution in [-0.2, 0) is 23.1 Å². The predicted molar refractivity (Wildman–Crippen MR) is 72.0 cm³/mol. The first-order valence-electron chi connectivity index (χ1n) is 6.58. The highest BCUT2D eigenvalue weighted by Gasteiger charge is 2.35. The number of aliphatic carboxylic acids is 1. The lowest BCUT2D eigenvalue weighted by molar-refractivity contribution is -0.143. The van der Waals surface area contributed by atoms with Crippen molar-refractivity contribution in [3.8, 4) is 0 Å². The summed E-state index contributed by atoms with van der Waals surface area (Å²) in [5.74, 6) is -0.740. The maximum atomic E-state index is 11.6. The summed E-state index contributed by atoms with van der Waals surface area (Å²) in [6.07, 6.45) is 4.03. The first kappa shape index (κ1) is 13.1. The Bertz CT molecular complexity index is 456. The van der Waals surface area contributed by atoms with E-state index in [1.165, 1.54) is 17.5 Å². The first-order valence-corrected chi connectivity index (χ1v) is 6.58. The molecule has 0 radical (unpaired) electrons. The molecular formula is C15H21NO2. The molecule has 1 aromatic rings. The van der Waals surface area contributed by atoms with Gasteiger partial charge in [-0.15, -0.1) is 0 Å². The fourth-order valence-electron chi connectivity index (χ4n) is 2.66. The largest absolute Gasteiger partial charge is 0.481 e. The normalized spacial score (nSPS) is 17.2. The maximum absolute atomic E-state index is 11.6. The quantitative estimate of drug-likeness (QED) is 0.838. The Kier molecular flexibility index (Phi) is 3.71. The molecular weight excluding hydrogens is 226 g/mol. The molecule has 98 valence electrons. The van der Waals surface area contributed by atoms with Gasteiger partial charge in [-0.1, -0.05) is 18.2 Å². The molecule has 1 aliphatic rings. The monoisotopic (exact) mass is 247 g/mol. The second kappa shape index (κ2) is 5.11. The van der Waals surface area contributed by atoms with Gasteiger partial charge in [0, 0.05) is 0 Å². The first-order chi connectivity index (χ1) is 8.58. The molecule has 0 amide bonds. The summed E-state index contributed by atoms with van der Waals surface area (Å²) in [7, 11) is 1.85. The van der Waals surface area contributed by atoms with Crippen molar-refractivity contribution in [2.45, 2.75) is 38.0 Å². The minimum absolute atomic E-state index is 0.609. The van der Waals surface area contributed by atoms with Crippen LogP contribution in [0.2, 0.25) is 0 Å². The summed E-state index contributed by atoms with van der Waals surface area (Å²) in [6, 6.07) is 6.21. The molecule has 2 rings (SSSR count). The molecule has 0 fully saturated rings. The third-order valence-electron chi connectivity index (χ3n) is 4.08. The Morgan fingerprint density at radius 2 is 2.11 bits per heavy atom. The van der Waals surface area contributed by atoms with Crippen molar-refractivity contribution >= 4 is 5.97 Å². The van der Waals surface area contributed by atoms with E-state index in [2.05, 4.69) is 17.4 Å². The van der Waals surface area contributed by atoms with Crippen LogP contribution < -0.4 is 5.32 Å². The Morgan fingerprint density at radius 3 is 2.78 bits per heavy atom. The standard InChI is InChI=1S/C15H21NO2/c1-15(14(17)18,8-9-16-2)13-7-6-11-4-3-5-12(11)10-13/h6-7,10,16H,3-5,8-9H2,1-2H3,(H,17,18). The van der Waals surface area contributed by atoms with Crippen LogP contribution in [0.15, 0.2) is 18.2 Å². The molecule has 0 saturated carbocycles. The number of aryl methyl sites for hydroxylation is 2. The summed E-state index contributed by atoms with van der Waals surface area (Å²) in [5, 5.41) is 12.6. The van der Waals surface area contributed by atoms with E-state index in [9.17, 15) is 9.90 Å². The van der Waals surface area contributed by atoms with Crippen LogP contribution in [0.3, 0.4) is 0 Å². The Labute approximate surface area is 108 Å². The summed E-state index contributed by atoms with van der Waals surface area (Å²) in [5.41, 5.74) is 2.87. The number of rotatable bonds is 5. The number of benzene rings is 1. The summed E-state index contributed by atoms with van der Waals surface area (Å²) in [4.78, 5) is 11.6. The lowest BCUT2D eigenvalue weighted by Gasteiger charge is -2.26. The zero-order valence-corrected chi connectivity index (χ0v) is 11.1. The fraction of sp³-hybridized carbons (Fsp3) is 0.533. The van der Waals surface area contributed by atoms with Gasteiger partial charge in [0.1, 0.15) is 0 Å². The molecule has 1 aromatic carbocycles. The molecule has 0 spiro atoms. The average Bonchev–Trinajstić information content (AvgIpc) is 2.82. The third kappa shape index (κ3) is 2.27. The molecule has 2 N–H and O–H groups in total. The third-order valence-corrected chi connectivity index (χ3v) is 4.08. The Hall–Kier alpha value is -1.35. The number of carboxylic acid groups (broad SMARTS) is 1. The highest BCUT2D eigenvalue weighted by molar-refractivity contribution is 5.81. The molecule has 0 bridgehead atoms. The topological polar surface area (TPSA) is 49.3 Å². The van der Waals surface area contributed by atoms with Crippen molar-refractivity contribution in [2.75, 3.05) is 13.6 Å². The Morgan fingerprint density at radius 1 is 1.39 bits per heavy atom. The zero-order valence-electron chi connectivity index (χ0n) is 11.1. The van der Waals surface area contributed by atoms with Crippen LogP contribution in [0.4, 0.5) is 0 Å². The van der Waals surface area contributed by atoms with E-state index >= 15 is 0 Å². The van der Waals surface area contributed by atoms with Crippen LogP contribution in [0.1, 0.15) is 36.5 Å². The van der Waals surface area contributed by atoms with E-state index in [-0.39, 0.29) is 0 Å². The average molecular weight is 247 g/mol. The van der Waals surface area contributed by atoms with Crippen molar-refractivity contribution in [1.29, 1.82) is 0 Å². The van der Waals surface area contributed by atoms with Gasteiger partial charge in [0.25, 0.3) is 0 Å². The van der Waals surface area contributed by atoms with Crippen molar-refractivity contribution in [2.24, 2.45) is 0 Å². The molecule has 18 heavy (non-hydrogen) atoms. The molecule has 3 nitrogen and oxygen atoms in total. The van der Waals surface area contributed by atoms with Crippen LogP contribution >= 0.6 is 0 Å². The molecule has 1 aliphatic carbocycles. The summed E-state index contributed by atoms with van der Waals surface area (Å²) < 4.78 is 0. The lowest BCUT2D eigenvalue weighted by atomic mass is 9.78.